The molecule has 1 aromatic carbocycles. The minimum atomic E-state index is -0.400. The second-order valence-electron chi connectivity index (χ2n) is 11.4. The highest BCUT2D eigenvalue weighted by atomic mass is 16.5. The predicted molar refractivity (Wildman–Crippen MR) is 161 cm³/mol. The first-order chi connectivity index (χ1) is 20.5. The van der Waals surface area contributed by atoms with Crippen molar-refractivity contribution in [3.05, 3.63) is 24.5 Å². The monoisotopic (exact) mass is 576 g/mol. The van der Waals surface area contributed by atoms with Gasteiger partial charge in [0.2, 0.25) is 5.95 Å². The van der Waals surface area contributed by atoms with Gasteiger partial charge in [-0.25, -0.2) is 4.98 Å². The lowest BCUT2D eigenvalue weighted by atomic mass is 9.95. The fourth-order valence-electron chi connectivity index (χ4n) is 5.98. The van der Waals surface area contributed by atoms with Crippen molar-refractivity contribution >= 4 is 46.1 Å². The summed E-state index contributed by atoms with van der Waals surface area (Å²) in [7, 11) is 3.67. The Kier molecular flexibility index (Phi) is 8.27. The summed E-state index contributed by atoms with van der Waals surface area (Å²) < 4.78 is 5.74. The first-order valence-corrected chi connectivity index (χ1v) is 14.9. The second kappa shape index (κ2) is 12.4. The lowest BCUT2D eigenvalue weighted by Crippen LogP contribution is -2.56. The van der Waals surface area contributed by atoms with Crippen molar-refractivity contribution in [1.29, 1.82) is 0 Å². The maximum atomic E-state index is 12.9. The molecule has 1 aliphatic carbocycles. The standard InChI is InChI=1S/C29H40N10O3/c1-36-10-12-38(13-11-36)27(40)28(41)39-16-14-37(15-17-39)21-8-9-22(23(18-21)42-2)33-29-34-25-24(30-19-31-25)26(35-29)32-20-6-4-3-5-7-20/h8-9,18-20H,3-7,10-17H2,1-2H3,(H3,30,31,32,33,34,35). The molecule has 13 heteroatoms. The molecular weight excluding hydrogens is 536 g/mol. The van der Waals surface area contributed by atoms with Crippen molar-refractivity contribution < 1.29 is 14.3 Å². The van der Waals surface area contributed by atoms with Crippen LogP contribution in [0.15, 0.2) is 24.5 Å². The van der Waals surface area contributed by atoms with Crippen LogP contribution in [0.2, 0.25) is 0 Å². The number of fused-ring (bicyclic) bond motifs is 1. The number of likely N-dealkylation sites (N-methyl/N-ethyl adjacent to an activating group) is 1. The Hall–Kier alpha value is -4.13. The van der Waals surface area contributed by atoms with Crippen LogP contribution < -0.4 is 20.3 Å². The van der Waals surface area contributed by atoms with Gasteiger partial charge in [0.05, 0.1) is 19.1 Å². The van der Waals surface area contributed by atoms with E-state index in [1.165, 1.54) is 19.3 Å². The molecule has 0 radical (unpaired) electrons. The van der Waals surface area contributed by atoms with Gasteiger partial charge in [-0.15, -0.1) is 0 Å². The van der Waals surface area contributed by atoms with E-state index in [4.69, 9.17) is 9.72 Å². The van der Waals surface area contributed by atoms with E-state index in [2.05, 4.69) is 35.4 Å². The van der Waals surface area contributed by atoms with Crippen molar-refractivity contribution in [3.8, 4) is 5.75 Å². The number of imidazole rings is 1. The summed E-state index contributed by atoms with van der Waals surface area (Å²) in [5.74, 6) is 1.05. The van der Waals surface area contributed by atoms with E-state index >= 15 is 0 Å². The Balaban J connectivity index is 1.11. The number of piperazine rings is 2. The number of aromatic nitrogens is 4. The molecule has 3 aromatic rings. The molecule has 2 amide bonds. The number of nitrogens with zero attached hydrogens (tertiary/aromatic N) is 7. The van der Waals surface area contributed by atoms with Crippen LogP contribution in [0.25, 0.3) is 11.2 Å². The molecule has 0 bridgehead atoms. The number of carbonyl (C=O) groups is 2. The van der Waals surface area contributed by atoms with Gasteiger partial charge in [-0.05, 0) is 32.0 Å². The van der Waals surface area contributed by atoms with E-state index in [0.717, 1.165) is 48.6 Å². The van der Waals surface area contributed by atoms with E-state index in [-0.39, 0.29) is 5.91 Å². The van der Waals surface area contributed by atoms with Crippen LogP contribution in [0.3, 0.4) is 0 Å². The van der Waals surface area contributed by atoms with Crippen LogP contribution in [0.5, 0.6) is 5.75 Å². The quantitative estimate of drug-likeness (QED) is 0.375. The summed E-state index contributed by atoms with van der Waals surface area (Å²) >= 11 is 0. The molecule has 42 heavy (non-hydrogen) atoms. The second-order valence-corrected chi connectivity index (χ2v) is 11.4. The van der Waals surface area contributed by atoms with E-state index in [1.54, 1.807) is 23.2 Å². The molecule has 3 aliphatic rings. The minimum Gasteiger partial charge on any atom is -0.494 e. The first-order valence-electron chi connectivity index (χ1n) is 14.9. The molecule has 2 aliphatic heterocycles. The third kappa shape index (κ3) is 6.06. The van der Waals surface area contributed by atoms with Gasteiger partial charge in [-0.3, -0.25) is 9.59 Å². The molecule has 224 valence electrons. The Morgan fingerprint density at radius 3 is 2.31 bits per heavy atom. The van der Waals surface area contributed by atoms with E-state index in [1.807, 2.05) is 25.2 Å². The first kappa shape index (κ1) is 28.0. The van der Waals surface area contributed by atoms with Gasteiger partial charge in [0.1, 0.15) is 11.3 Å². The summed E-state index contributed by atoms with van der Waals surface area (Å²) in [4.78, 5) is 50.3. The largest absolute Gasteiger partial charge is 0.494 e. The third-order valence-corrected chi connectivity index (χ3v) is 8.56. The molecule has 13 nitrogen and oxygen atoms in total. The molecule has 6 rings (SSSR count). The minimum absolute atomic E-state index is 0.385. The number of rotatable bonds is 6. The van der Waals surface area contributed by atoms with Crippen molar-refractivity contribution in [1.82, 2.24) is 34.6 Å². The highest BCUT2D eigenvalue weighted by molar-refractivity contribution is 6.35. The van der Waals surface area contributed by atoms with E-state index in [9.17, 15) is 9.59 Å². The van der Waals surface area contributed by atoms with E-state index in [0.29, 0.717) is 62.7 Å². The van der Waals surface area contributed by atoms with Gasteiger partial charge in [-0.1, -0.05) is 19.3 Å². The molecule has 3 fully saturated rings. The molecule has 3 N–H and O–H groups in total. The number of hydrogen-bond donors (Lipinski definition) is 3. The highest BCUT2D eigenvalue weighted by Crippen LogP contribution is 2.33. The molecule has 2 aromatic heterocycles. The molecule has 2 saturated heterocycles. The summed E-state index contributed by atoms with van der Waals surface area (Å²) in [6.07, 6.45) is 7.63. The lowest BCUT2D eigenvalue weighted by Gasteiger charge is -2.37. The maximum absolute atomic E-state index is 12.9. The van der Waals surface area contributed by atoms with Gasteiger partial charge in [0.25, 0.3) is 0 Å². The average molecular weight is 577 g/mol. The number of H-pyrrole nitrogens is 1. The summed E-state index contributed by atoms with van der Waals surface area (Å²) in [6, 6.07) is 6.34. The number of ether oxygens (including phenoxy) is 1. The van der Waals surface area contributed by atoms with Gasteiger partial charge >= 0.3 is 11.8 Å². The maximum Gasteiger partial charge on any atom is 0.312 e. The van der Waals surface area contributed by atoms with Crippen LogP contribution in [-0.2, 0) is 9.59 Å². The van der Waals surface area contributed by atoms with Crippen LogP contribution >= 0.6 is 0 Å². The Morgan fingerprint density at radius 2 is 1.62 bits per heavy atom. The van der Waals surface area contributed by atoms with Crippen LogP contribution in [-0.4, -0.2) is 119 Å². The van der Waals surface area contributed by atoms with Crippen LogP contribution in [0, 0.1) is 0 Å². The fourth-order valence-corrected chi connectivity index (χ4v) is 5.98. The summed E-state index contributed by atoms with van der Waals surface area (Å²) in [5, 5.41) is 6.92. The van der Waals surface area contributed by atoms with Crippen LogP contribution in [0.4, 0.5) is 23.1 Å². The summed E-state index contributed by atoms with van der Waals surface area (Å²) in [6.45, 7) is 5.04. The average Bonchev–Trinajstić information content (AvgIpc) is 3.51. The van der Waals surface area contributed by atoms with Crippen LogP contribution in [0.1, 0.15) is 32.1 Å². The molecule has 0 atom stereocenters. The number of aromatic amines is 1. The van der Waals surface area contributed by atoms with Gasteiger partial charge in [0, 0.05) is 70.2 Å². The van der Waals surface area contributed by atoms with Crippen molar-refractivity contribution in [2.45, 2.75) is 38.1 Å². The smallest absolute Gasteiger partial charge is 0.312 e. The molecule has 0 spiro atoms. The fraction of sp³-hybridized carbons (Fsp3) is 0.552. The van der Waals surface area contributed by atoms with Gasteiger partial charge in [-0.2, -0.15) is 9.97 Å². The molecule has 0 unspecified atom stereocenters. The zero-order valence-corrected chi connectivity index (χ0v) is 24.4. The van der Waals surface area contributed by atoms with Gasteiger partial charge in [0.15, 0.2) is 11.5 Å². The normalized spacial score (nSPS) is 18.8. The molecule has 1 saturated carbocycles. The van der Waals surface area contributed by atoms with Crippen molar-refractivity contribution in [2.24, 2.45) is 0 Å². The Labute approximate surface area is 245 Å². The van der Waals surface area contributed by atoms with E-state index < -0.39 is 5.91 Å². The lowest BCUT2D eigenvalue weighted by molar-refractivity contribution is -0.152. The summed E-state index contributed by atoms with van der Waals surface area (Å²) in [5.41, 5.74) is 3.13. The Morgan fingerprint density at radius 1 is 0.929 bits per heavy atom. The zero-order chi connectivity index (χ0) is 29.1. The van der Waals surface area contributed by atoms with Crippen molar-refractivity contribution in [2.75, 3.05) is 82.0 Å². The topological polar surface area (TPSA) is 135 Å². The SMILES string of the molecule is COc1cc(N2CCN(C(=O)C(=O)N3CCN(C)CC3)CC2)ccc1Nc1nc(NC2CCCCC2)c2nc[nH]c2n1. The predicted octanol–water partition coefficient (Wildman–Crippen LogP) is 2.27. The number of anilines is 4. The number of benzene rings is 1. The number of hydrogen-bond acceptors (Lipinski definition) is 10. The molecule has 4 heterocycles. The third-order valence-electron chi connectivity index (χ3n) is 8.56. The Bertz CT molecular complexity index is 1410. The number of methoxy groups -OCH3 is 1. The molecular formula is C29H40N10O3. The zero-order valence-electron chi connectivity index (χ0n) is 24.4. The number of amides is 2. The van der Waals surface area contributed by atoms with Crippen molar-refractivity contribution in [3.63, 3.8) is 0 Å². The number of carbonyl (C=O) groups excluding carboxylic acids is 2. The highest BCUT2D eigenvalue weighted by Gasteiger charge is 2.31. The van der Waals surface area contributed by atoms with Gasteiger partial charge < -0.3 is 40.0 Å². The number of nitrogens with one attached hydrogen (secondary N) is 3.